The maximum absolute atomic E-state index is 12.1. The molecule has 0 unspecified atom stereocenters. The van der Waals surface area contributed by atoms with Crippen LogP contribution in [-0.2, 0) is 38.1 Å². The van der Waals surface area contributed by atoms with Crippen molar-refractivity contribution < 1.29 is 38.1 Å². The molecule has 10 heteroatoms. The average Bonchev–Trinajstić information content (AvgIpc) is 2.56. The quantitative estimate of drug-likeness (QED) is 0.262. The van der Waals surface area contributed by atoms with Crippen molar-refractivity contribution in [1.29, 1.82) is 0 Å². The molecule has 0 atom stereocenters. The van der Waals surface area contributed by atoms with E-state index in [9.17, 15) is 19.2 Å². The summed E-state index contributed by atoms with van der Waals surface area (Å²) in [5.41, 5.74) is 0. The Balaban J connectivity index is 5.23. The lowest BCUT2D eigenvalue weighted by Gasteiger charge is -2.26. The number of ether oxygens (including phenoxy) is 4. The van der Waals surface area contributed by atoms with Gasteiger partial charge in [-0.2, -0.15) is 0 Å². The average molecular weight is 461 g/mol. The van der Waals surface area contributed by atoms with E-state index in [1.807, 2.05) is 0 Å². The molecule has 0 aromatic rings. The van der Waals surface area contributed by atoms with Gasteiger partial charge in [-0.3, -0.25) is 29.0 Å². The van der Waals surface area contributed by atoms with Gasteiger partial charge in [0.2, 0.25) is 0 Å². The Morgan fingerprint density at radius 1 is 0.469 bits per heavy atom. The van der Waals surface area contributed by atoms with Gasteiger partial charge in [0.25, 0.3) is 0 Å². The monoisotopic (exact) mass is 460 g/mol. The second-order valence-corrected chi connectivity index (χ2v) is 8.58. The van der Waals surface area contributed by atoms with Crippen LogP contribution in [0.1, 0.15) is 55.4 Å². The summed E-state index contributed by atoms with van der Waals surface area (Å²) >= 11 is 0. The Morgan fingerprint density at radius 2 is 0.656 bits per heavy atom. The van der Waals surface area contributed by atoms with E-state index in [0.717, 1.165) is 0 Å². The molecular formula is C22H40N2O8. The highest BCUT2D eigenvalue weighted by Crippen LogP contribution is 2.02. The van der Waals surface area contributed by atoms with Gasteiger partial charge in [-0.25, -0.2) is 0 Å². The molecule has 0 rings (SSSR count). The summed E-state index contributed by atoms with van der Waals surface area (Å²) in [5, 5.41) is 0. The van der Waals surface area contributed by atoms with E-state index in [1.165, 1.54) is 0 Å². The molecular weight excluding hydrogens is 420 g/mol. The largest absolute Gasteiger partial charge is 0.462 e. The van der Waals surface area contributed by atoms with E-state index >= 15 is 0 Å². The highest BCUT2D eigenvalue weighted by Gasteiger charge is 2.22. The van der Waals surface area contributed by atoms with Crippen LogP contribution in [0.2, 0.25) is 0 Å². The molecule has 0 heterocycles. The molecule has 0 aliphatic rings. The zero-order chi connectivity index (χ0) is 24.8. The number of carbonyl (C=O) groups excluding carboxylic acids is 4. The smallest absolute Gasteiger partial charge is 0.320 e. The van der Waals surface area contributed by atoms with Crippen LogP contribution >= 0.6 is 0 Å². The van der Waals surface area contributed by atoms with E-state index in [1.54, 1.807) is 65.2 Å². The molecule has 0 spiro atoms. The fourth-order valence-electron chi connectivity index (χ4n) is 2.64. The van der Waals surface area contributed by atoms with E-state index < -0.39 is 23.9 Å². The molecule has 0 saturated heterocycles. The minimum Gasteiger partial charge on any atom is -0.462 e. The van der Waals surface area contributed by atoms with E-state index in [-0.39, 0.29) is 63.7 Å². The molecule has 10 nitrogen and oxygen atoms in total. The Hall–Kier alpha value is -2.20. The van der Waals surface area contributed by atoms with Crippen molar-refractivity contribution >= 4 is 23.9 Å². The topological polar surface area (TPSA) is 112 Å². The molecule has 32 heavy (non-hydrogen) atoms. The van der Waals surface area contributed by atoms with Gasteiger partial charge in [0.1, 0.15) is 0 Å². The number of esters is 4. The van der Waals surface area contributed by atoms with Gasteiger partial charge >= 0.3 is 23.9 Å². The summed E-state index contributed by atoms with van der Waals surface area (Å²) < 4.78 is 20.7. The lowest BCUT2D eigenvalue weighted by Crippen LogP contribution is -2.45. The first-order chi connectivity index (χ1) is 14.8. The Kier molecular flexibility index (Phi) is 14.5. The number of carbonyl (C=O) groups is 4. The summed E-state index contributed by atoms with van der Waals surface area (Å²) in [4.78, 5) is 51.6. The first-order valence-corrected chi connectivity index (χ1v) is 11.0. The molecule has 0 aliphatic heterocycles. The van der Waals surface area contributed by atoms with Crippen LogP contribution in [0.25, 0.3) is 0 Å². The summed E-state index contributed by atoms with van der Waals surface area (Å²) in [6.45, 7) is 13.8. The molecule has 0 aromatic heterocycles. The molecule has 0 bridgehead atoms. The molecule has 0 N–H and O–H groups in total. The maximum Gasteiger partial charge on any atom is 0.320 e. The van der Waals surface area contributed by atoms with Gasteiger partial charge in [-0.1, -0.05) is 0 Å². The van der Waals surface area contributed by atoms with Crippen LogP contribution in [0.5, 0.6) is 0 Å². The molecule has 186 valence electrons. The van der Waals surface area contributed by atoms with E-state index in [0.29, 0.717) is 0 Å². The van der Waals surface area contributed by atoms with Crippen molar-refractivity contribution in [3.05, 3.63) is 0 Å². The lowest BCUT2D eigenvalue weighted by molar-refractivity contribution is -0.156. The van der Waals surface area contributed by atoms with Crippen LogP contribution in [0, 0.1) is 0 Å². The van der Waals surface area contributed by atoms with Crippen molar-refractivity contribution in [2.45, 2.75) is 79.8 Å². The first-order valence-electron chi connectivity index (χ1n) is 11.0. The summed E-state index contributed by atoms with van der Waals surface area (Å²) in [5.74, 6) is -1.94. The minimum absolute atomic E-state index is 0.133. The predicted octanol–water partition coefficient (Wildman–Crippen LogP) is 1.40. The summed E-state index contributed by atoms with van der Waals surface area (Å²) in [7, 11) is 0. The van der Waals surface area contributed by atoms with E-state index in [2.05, 4.69) is 0 Å². The van der Waals surface area contributed by atoms with Gasteiger partial charge in [0.15, 0.2) is 0 Å². The van der Waals surface area contributed by atoms with Gasteiger partial charge in [0.05, 0.1) is 50.6 Å². The minimum atomic E-state index is -0.484. The van der Waals surface area contributed by atoms with Crippen LogP contribution in [-0.4, -0.2) is 97.4 Å². The molecule has 0 aromatic carbocycles. The highest BCUT2D eigenvalue weighted by atomic mass is 16.6. The Morgan fingerprint density at radius 3 is 0.812 bits per heavy atom. The number of nitrogens with zero attached hydrogens (tertiary/aromatic N) is 2. The normalized spacial score (nSPS) is 11.6. The maximum atomic E-state index is 12.1. The van der Waals surface area contributed by atoms with Crippen molar-refractivity contribution in [1.82, 2.24) is 9.80 Å². The Labute approximate surface area is 191 Å². The van der Waals surface area contributed by atoms with Crippen molar-refractivity contribution in [3.8, 4) is 0 Å². The third-order valence-corrected chi connectivity index (χ3v) is 3.61. The second-order valence-electron chi connectivity index (χ2n) is 8.58. The van der Waals surface area contributed by atoms with Gasteiger partial charge < -0.3 is 18.9 Å². The second kappa shape index (κ2) is 15.6. The van der Waals surface area contributed by atoms with Crippen LogP contribution < -0.4 is 0 Å². The van der Waals surface area contributed by atoms with Crippen LogP contribution in [0.4, 0.5) is 0 Å². The molecule has 0 fully saturated rings. The molecule has 0 aliphatic carbocycles. The van der Waals surface area contributed by atoms with Crippen molar-refractivity contribution in [3.63, 3.8) is 0 Å². The SMILES string of the molecule is CC(C)OC(=O)CN(CCN(CC(=O)OC(C)C)CC(=O)OC(C)C)CC(=O)OC(C)C. The summed E-state index contributed by atoms with van der Waals surface area (Å²) in [6, 6.07) is 0. The van der Waals surface area contributed by atoms with Crippen molar-refractivity contribution in [2.75, 3.05) is 39.3 Å². The molecule has 0 amide bonds. The number of rotatable bonds is 15. The zero-order valence-electron chi connectivity index (χ0n) is 20.7. The van der Waals surface area contributed by atoms with Crippen LogP contribution in [0.3, 0.4) is 0 Å². The fourth-order valence-corrected chi connectivity index (χ4v) is 2.64. The van der Waals surface area contributed by atoms with Crippen LogP contribution in [0.15, 0.2) is 0 Å². The Bertz CT molecular complexity index is 505. The third-order valence-electron chi connectivity index (χ3n) is 3.61. The predicted molar refractivity (Wildman–Crippen MR) is 118 cm³/mol. The third kappa shape index (κ3) is 16.5. The van der Waals surface area contributed by atoms with Gasteiger partial charge in [0, 0.05) is 13.1 Å². The van der Waals surface area contributed by atoms with Gasteiger partial charge in [-0.15, -0.1) is 0 Å². The fraction of sp³-hybridized carbons (Fsp3) is 0.818. The molecule has 0 saturated carbocycles. The zero-order valence-corrected chi connectivity index (χ0v) is 20.7. The van der Waals surface area contributed by atoms with E-state index in [4.69, 9.17) is 18.9 Å². The lowest BCUT2D eigenvalue weighted by atomic mass is 10.3. The standard InChI is InChI=1S/C22H40N2O8/c1-15(2)29-19(25)11-23(12-20(26)30-16(3)4)9-10-24(13-21(27)31-17(5)6)14-22(28)32-18(7)8/h15-18H,9-14H2,1-8H3. The molecule has 0 radical (unpaired) electrons. The van der Waals surface area contributed by atoms with Gasteiger partial charge in [-0.05, 0) is 55.4 Å². The number of hydrogen-bond acceptors (Lipinski definition) is 10. The number of hydrogen-bond donors (Lipinski definition) is 0. The highest BCUT2D eigenvalue weighted by molar-refractivity contribution is 5.76. The summed E-state index contributed by atoms with van der Waals surface area (Å²) in [6.07, 6.45) is -1.17. The van der Waals surface area contributed by atoms with Crippen molar-refractivity contribution in [2.24, 2.45) is 0 Å². The first kappa shape index (κ1) is 29.8.